The molecule has 0 saturated heterocycles. The van der Waals surface area contributed by atoms with Gasteiger partial charge < -0.3 is 20.5 Å². The van der Waals surface area contributed by atoms with Crippen molar-refractivity contribution in [3.63, 3.8) is 0 Å². The van der Waals surface area contributed by atoms with E-state index in [1.807, 2.05) is 29.8 Å². The molecule has 136 valence electrons. The molecule has 8 nitrogen and oxygen atoms in total. The van der Waals surface area contributed by atoms with Gasteiger partial charge in [0, 0.05) is 20.1 Å². The van der Waals surface area contributed by atoms with Crippen molar-refractivity contribution in [3.05, 3.63) is 42.2 Å². The first-order valence-corrected chi connectivity index (χ1v) is 8.58. The second-order valence-electron chi connectivity index (χ2n) is 6.13. The highest BCUT2D eigenvalue weighted by Gasteiger charge is 2.18. The van der Waals surface area contributed by atoms with E-state index in [9.17, 15) is 4.79 Å². The highest BCUT2D eigenvalue weighted by molar-refractivity contribution is 5.85. The largest absolute Gasteiger partial charge is 0.368 e. The molecule has 0 spiro atoms. The number of carbonyl (C=O) groups is 1. The van der Waals surface area contributed by atoms with Gasteiger partial charge in [-0.15, -0.1) is 0 Å². The molecule has 2 heterocycles. The van der Waals surface area contributed by atoms with Crippen molar-refractivity contribution >= 4 is 28.8 Å². The Morgan fingerprint density at radius 3 is 2.73 bits per heavy atom. The minimum absolute atomic E-state index is 0.0186. The summed E-state index contributed by atoms with van der Waals surface area (Å²) in [6.07, 6.45) is 2.68. The van der Waals surface area contributed by atoms with Gasteiger partial charge in [0.15, 0.2) is 17.0 Å². The third kappa shape index (κ3) is 3.90. The van der Waals surface area contributed by atoms with Gasteiger partial charge >= 0.3 is 0 Å². The van der Waals surface area contributed by atoms with Gasteiger partial charge in [-0.1, -0.05) is 37.3 Å². The number of benzene rings is 1. The van der Waals surface area contributed by atoms with Gasteiger partial charge in [-0.25, -0.2) is 4.98 Å². The Labute approximate surface area is 152 Å². The maximum absolute atomic E-state index is 11.1. The number of nitrogens with zero attached hydrogens (tertiary/aromatic N) is 5. The number of aromatic nitrogens is 4. The predicted molar refractivity (Wildman–Crippen MR) is 102 cm³/mol. The molecule has 26 heavy (non-hydrogen) atoms. The second-order valence-corrected chi connectivity index (χ2v) is 6.13. The summed E-state index contributed by atoms with van der Waals surface area (Å²) in [5.74, 6) is 0.646. The van der Waals surface area contributed by atoms with Crippen molar-refractivity contribution in [2.45, 2.75) is 19.9 Å². The normalized spacial score (nSPS) is 10.8. The van der Waals surface area contributed by atoms with Crippen LogP contribution in [0.1, 0.15) is 18.9 Å². The van der Waals surface area contributed by atoms with E-state index in [0.29, 0.717) is 18.1 Å². The van der Waals surface area contributed by atoms with E-state index in [1.165, 1.54) is 5.56 Å². The molecular weight excluding hydrogens is 330 g/mol. The highest BCUT2D eigenvalue weighted by Crippen LogP contribution is 2.25. The van der Waals surface area contributed by atoms with Crippen molar-refractivity contribution in [1.82, 2.24) is 19.5 Å². The lowest BCUT2D eigenvalue weighted by Gasteiger charge is -2.24. The number of primary amides is 1. The van der Waals surface area contributed by atoms with Crippen LogP contribution in [0.4, 0.5) is 11.8 Å². The number of amides is 1. The molecule has 3 aromatic rings. The van der Waals surface area contributed by atoms with Crippen molar-refractivity contribution in [2.75, 3.05) is 23.3 Å². The minimum Gasteiger partial charge on any atom is -0.368 e. The van der Waals surface area contributed by atoms with Crippen LogP contribution >= 0.6 is 0 Å². The molecule has 8 heteroatoms. The molecule has 3 rings (SSSR count). The van der Waals surface area contributed by atoms with E-state index in [4.69, 9.17) is 5.73 Å². The van der Waals surface area contributed by atoms with E-state index >= 15 is 0 Å². The van der Waals surface area contributed by atoms with E-state index < -0.39 is 5.91 Å². The number of nitrogens with one attached hydrogen (secondary N) is 1. The number of carbonyl (C=O) groups excluding carboxylic acids is 1. The Balaban J connectivity index is 2.02. The Bertz CT molecular complexity index is 891. The maximum atomic E-state index is 11.1. The van der Waals surface area contributed by atoms with Gasteiger partial charge in [-0.05, 0) is 12.0 Å². The van der Waals surface area contributed by atoms with Gasteiger partial charge in [0.05, 0.1) is 12.9 Å². The molecule has 1 amide bonds. The lowest BCUT2D eigenvalue weighted by atomic mass is 10.2. The summed E-state index contributed by atoms with van der Waals surface area (Å²) >= 11 is 0. The quantitative estimate of drug-likeness (QED) is 0.639. The molecule has 0 aliphatic heterocycles. The predicted octanol–water partition coefficient (Wildman–Crippen LogP) is 1.68. The molecular formula is C18H23N7O. The first-order valence-electron chi connectivity index (χ1n) is 8.58. The zero-order chi connectivity index (χ0) is 18.5. The van der Waals surface area contributed by atoms with Crippen LogP contribution in [0.2, 0.25) is 0 Å². The summed E-state index contributed by atoms with van der Waals surface area (Å²) in [5, 5.41) is 2.89. The lowest BCUT2D eigenvalue weighted by Crippen LogP contribution is -2.26. The maximum Gasteiger partial charge on any atom is 0.236 e. The van der Waals surface area contributed by atoms with Gasteiger partial charge in [0.2, 0.25) is 11.9 Å². The fraction of sp³-hybridized carbons (Fsp3) is 0.333. The zero-order valence-electron chi connectivity index (χ0n) is 15.0. The van der Waals surface area contributed by atoms with E-state index in [0.717, 1.165) is 24.3 Å². The van der Waals surface area contributed by atoms with Gasteiger partial charge in [0.1, 0.15) is 0 Å². The number of hydrogen-bond donors (Lipinski definition) is 2. The molecule has 2 aromatic heterocycles. The lowest BCUT2D eigenvalue weighted by molar-refractivity contribution is -0.116. The Hall–Kier alpha value is -3.16. The van der Waals surface area contributed by atoms with Crippen LogP contribution in [-0.2, 0) is 18.4 Å². The summed E-state index contributed by atoms with van der Waals surface area (Å²) < 4.78 is 1.84. The number of imidazole rings is 1. The van der Waals surface area contributed by atoms with E-state index in [1.54, 1.807) is 6.33 Å². The SMILES string of the molecule is CCCN(Cc1ccccc1)c1nc(NCC(N)=O)nc2c1ncn2C. The molecule has 0 aliphatic rings. The molecule has 0 radical (unpaired) electrons. The van der Waals surface area contributed by atoms with Crippen LogP contribution in [0.25, 0.3) is 11.2 Å². The molecule has 0 saturated carbocycles. The number of rotatable bonds is 8. The van der Waals surface area contributed by atoms with Crippen molar-refractivity contribution in [3.8, 4) is 0 Å². The summed E-state index contributed by atoms with van der Waals surface area (Å²) in [4.78, 5) is 26.8. The highest BCUT2D eigenvalue weighted by atomic mass is 16.1. The zero-order valence-corrected chi connectivity index (χ0v) is 15.0. The standard InChI is InChI=1S/C18H23N7O/c1-3-9-25(11-13-7-5-4-6-8-13)17-15-16(24(2)12-21-15)22-18(23-17)20-10-14(19)26/h4-8,12H,3,9-11H2,1-2H3,(H2,19,26)(H,20,22,23). The second kappa shape index (κ2) is 7.81. The first-order chi connectivity index (χ1) is 12.6. The Morgan fingerprint density at radius 2 is 2.04 bits per heavy atom. The summed E-state index contributed by atoms with van der Waals surface area (Å²) in [6.45, 7) is 3.65. The van der Waals surface area contributed by atoms with Crippen LogP contribution in [0.5, 0.6) is 0 Å². The molecule has 0 fully saturated rings. The summed E-state index contributed by atoms with van der Waals surface area (Å²) in [6, 6.07) is 10.2. The topological polar surface area (TPSA) is 102 Å². The van der Waals surface area contributed by atoms with Gasteiger partial charge in [-0.2, -0.15) is 9.97 Å². The molecule has 3 N–H and O–H groups in total. The number of anilines is 2. The number of hydrogen-bond acceptors (Lipinski definition) is 6. The van der Waals surface area contributed by atoms with E-state index in [-0.39, 0.29) is 6.54 Å². The molecule has 0 unspecified atom stereocenters. The fourth-order valence-corrected chi connectivity index (χ4v) is 2.79. The van der Waals surface area contributed by atoms with Crippen LogP contribution in [0.15, 0.2) is 36.7 Å². The first kappa shape index (κ1) is 17.7. The molecule has 0 atom stereocenters. The molecule has 0 aliphatic carbocycles. The minimum atomic E-state index is -0.463. The number of nitrogens with two attached hydrogens (primary N) is 1. The monoisotopic (exact) mass is 353 g/mol. The van der Waals surface area contributed by atoms with E-state index in [2.05, 4.69) is 44.2 Å². The summed E-state index contributed by atoms with van der Waals surface area (Å²) in [5.41, 5.74) is 7.86. The van der Waals surface area contributed by atoms with Crippen LogP contribution < -0.4 is 16.0 Å². The van der Waals surface area contributed by atoms with Crippen LogP contribution in [0, 0.1) is 0 Å². The van der Waals surface area contributed by atoms with Crippen LogP contribution in [-0.4, -0.2) is 38.5 Å². The molecule has 1 aromatic carbocycles. The summed E-state index contributed by atoms with van der Waals surface area (Å²) in [7, 11) is 1.88. The van der Waals surface area contributed by atoms with Gasteiger partial charge in [0.25, 0.3) is 0 Å². The third-order valence-corrected chi connectivity index (χ3v) is 3.97. The Morgan fingerprint density at radius 1 is 1.27 bits per heavy atom. The van der Waals surface area contributed by atoms with Crippen molar-refractivity contribution < 1.29 is 4.79 Å². The number of aryl methyl sites for hydroxylation is 1. The van der Waals surface area contributed by atoms with Crippen LogP contribution in [0.3, 0.4) is 0 Å². The average Bonchev–Trinajstić information content (AvgIpc) is 3.01. The van der Waals surface area contributed by atoms with Gasteiger partial charge in [-0.3, -0.25) is 4.79 Å². The Kier molecular flexibility index (Phi) is 5.31. The average molecular weight is 353 g/mol. The third-order valence-electron chi connectivity index (χ3n) is 3.97. The smallest absolute Gasteiger partial charge is 0.236 e. The van der Waals surface area contributed by atoms with Crippen molar-refractivity contribution in [2.24, 2.45) is 12.8 Å². The fourth-order valence-electron chi connectivity index (χ4n) is 2.79. The van der Waals surface area contributed by atoms with Crippen molar-refractivity contribution in [1.29, 1.82) is 0 Å². The number of fused-ring (bicyclic) bond motifs is 1. The molecule has 0 bridgehead atoms.